The van der Waals surface area contributed by atoms with Crippen LogP contribution in [0.25, 0.3) is 0 Å². The maximum absolute atomic E-state index is 13.0. The first kappa shape index (κ1) is 19.0. The molecule has 0 unspecified atom stereocenters. The van der Waals surface area contributed by atoms with E-state index in [-0.39, 0.29) is 0 Å². The lowest BCUT2D eigenvalue weighted by Gasteiger charge is -2.25. The average molecular weight is 383 g/mol. The second kappa shape index (κ2) is 7.84. The van der Waals surface area contributed by atoms with E-state index in [0.717, 1.165) is 16.3 Å². The van der Waals surface area contributed by atoms with E-state index in [1.165, 1.54) is 0 Å². The minimum atomic E-state index is -1.17. The molecule has 0 aliphatic carbocycles. The van der Waals surface area contributed by atoms with Crippen molar-refractivity contribution in [2.45, 2.75) is 24.6 Å². The maximum atomic E-state index is 13.0. The first-order valence-corrected chi connectivity index (χ1v) is 10.0. The van der Waals surface area contributed by atoms with Crippen molar-refractivity contribution in [2.75, 3.05) is 6.26 Å². The number of carbonyl (C=O) groups is 3. The number of nitrogens with one attached hydrogen (secondary N) is 2. The molecule has 4 amide bonds. The molecular formula is C20H21N3O3S. The van der Waals surface area contributed by atoms with Crippen molar-refractivity contribution in [1.29, 1.82) is 0 Å². The summed E-state index contributed by atoms with van der Waals surface area (Å²) >= 11 is 1.65. The molecular weight excluding hydrogens is 362 g/mol. The second-order valence-electron chi connectivity index (χ2n) is 6.27. The number of amides is 4. The molecule has 1 fully saturated rings. The molecule has 3 rings (SSSR count). The molecule has 0 bridgehead atoms. The van der Waals surface area contributed by atoms with Crippen LogP contribution in [0.3, 0.4) is 0 Å². The molecule has 0 saturated carbocycles. The third-order valence-electron chi connectivity index (χ3n) is 4.60. The minimum Gasteiger partial charge on any atom is -0.318 e. The Hall–Kier alpha value is -2.80. The van der Waals surface area contributed by atoms with Gasteiger partial charge in [0.15, 0.2) is 0 Å². The fraction of sp³-hybridized carbons (Fsp3) is 0.250. The van der Waals surface area contributed by atoms with Gasteiger partial charge in [-0.2, -0.15) is 16.8 Å². The van der Waals surface area contributed by atoms with Crippen LogP contribution in [0.1, 0.15) is 34.8 Å². The first-order valence-electron chi connectivity index (χ1n) is 8.63. The van der Waals surface area contributed by atoms with Gasteiger partial charge in [0.2, 0.25) is 0 Å². The van der Waals surface area contributed by atoms with Gasteiger partial charge in [-0.3, -0.25) is 15.0 Å². The zero-order chi connectivity index (χ0) is 19.4. The summed E-state index contributed by atoms with van der Waals surface area (Å²) in [4.78, 5) is 38.1. The van der Waals surface area contributed by atoms with E-state index in [4.69, 9.17) is 0 Å². The van der Waals surface area contributed by atoms with E-state index in [9.17, 15) is 14.4 Å². The summed E-state index contributed by atoms with van der Waals surface area (Å²) in [7, 11) is 0. The van der Waals surface area contributed by atoms with Crippen LogP contribution >= 0.6 is 11.8 Å². The molecule has 6 nitrogen and oxygen atoms in total. The lowest BCUT2D eigenvalue weighted by Crippen LogP contribution is -2.48. The zero-order valence-electron chi connectivity index (χ0n) is 15.2. The van der Waals surface area contributed by atoms with E-state index in [0.29, 0.717) is 17.5 Å². The van der Waals surface area contributed by atoms with Crippen LogP contribution in [0.5, 0.6) is 0 Å². The summed E-state index contributed by atoms with van der Waals surface area (Å²) < 4.78 is 0. The topological polar surface area (TPSA) is 78.5 Å². The summed E-state index contributed by atoms with van der Waals surface area (Å²) in [5.41, 5.74) is 3.36. The molecule has 27 heavy (non-hydrogen) atoms. The SMILES string of the molecule is CC[C@]1(c2ccccc2)NC(=O)N(NC(=O)c2cccc(CSC)c2)C1=O. The van der Waals surface area contributed by atoms with Crippen molar-refractivity contribution in [3.63, 3.8) is 0 Å². The predicted molar refractivity (Wildman–Crippen MR) is 105 cm³/mol. The number of hydrogen-bond donors (Lipinski definition) is 2. The Morgan fingerprint density at radius 2 is 1.89 bits per heavy atom. The molecule has 1 aliphatic rings. The molecule has 1 saturated heterocycles. The largest absolute Gasteiger partial charge is 0.344 e. The number of hydrogen-bond acceptors (Lipinski definition) is 4. The number of urea groups is 1. The molecule has 0 spiro atoms. The van der Waals surface area contributed by atoms with Gasteiger partial charge in [0.05, 0.1) is 0 Å². The Kier molecular flexibility index (Phi) is 5.51. The number of rotatable bonds is 6. The van der Waals surface area contributed by atoms with Gasteiger partial charge in [0, 0.05) is 11.3 Å². The van der Waals surface area contributed by atoms with E-state index < -0.39 is 23.4 Å². The highest BCUT2D eigenvalue weighted by molar-refractivity contribution is 7.97. The molecule has 7 heteroatoms. The van der Waals surface area contributed by atoms with Crippen molar-refractivity contribution < 1.29 is 14.4 Å². The normalized spacial score (nSPS) is 19.1. The Morgan fingerprint density at radius 1 is 1.15 bits per heavy atom. The third kappa shape index (κ3) is 3.55. The van der Waals surface area contributed by atoms with Crippen LogP contribution in [0.15, 0.2) is 54.6 Å². The van der Waals surface area contributed by atoms with Crippen LogP contribution in [0.2, 0.25) is 0 Å². The van der Waals surface area contributed by atoms with Crippen LogP contribution in [0, 0.1) is 0 Å². The highest BCUT2D eigenvalue weighted by Crippen LogP contribution is 2.31. The quantitative estimate of drug-likeness (QED) is 0.752. The Morgan fingerprint density at radius 3 is 2.56 bits per heavy atom. The molecule has 1 heterocycles. The molecule has 0 radical (unpaired) electrons. The second-order valence-corrected chi connectivity index (χ2v) is 7.14. The fourth-order valence-corrected chi connectivity index (χ4v) is 3.69. The molecule has 1 aliphatic heterocycles. The highest BCUT2D eigenvalue weighted by Gasteiger charge is 2.52. The molecule has 140 valence electrons. The number of hydrazine groups is 1. The van der Waals surface area contributed by atoms with E-state index in [2.05, 4.69) is 10.7 Å². The maximum Gasteiger partial charge on any atom is 0.344 e. The van der Waals surface area contributed by atoms with Gasteiger partial charge in [-0.1, -0.05) is 49.4 Å². The molecule has 2 aromatic rings. The smallest absolute Gasteiger partial charge is 0.318 e. The Balaban J connectivity index is 1.83. The summed E-state index contributed by atoms with van der Waals surface area (Å²) in [5, 5.41) is 3.52. The van der Waals surface area contributed by atoms with Gasteiger partial charge >= 0.3 is 6.03 Å². The lowest BCUT2D eigenvalue weighted by atomic mass is 9.87. The minimum absolute atomic E-state index is 0.372. The standard InChI is InChI=1S/C20H21N3O3S/c1-3-20(16-10-5-4-6-11-16)18(25)23(19(26)21-20)22-17(24)15-9-7-8-14(12-15)13-27-2/h4-12H,3,13H2,1-2H3,(H,21,26)(H,22,24)/t20-/m1/s1. The van der Waals surface area contributed by atoms with Crippen LogP contribution in [0.4, 0.5) is 4.79 Å². The Labute approximate surface area is 162 Å². The summed E-state index contributed by atoms with van der Waals surface area (Å²) in [6.07, 6.45) is 2.35. The van der Waals surface area contributed by atoms with E-state index >= 15 is 0 Å². The van der Waals surface area contributed by atoms with Gasteiger partial charge in [0.25, 0.3) is 11.8 Å². The van der Waals surface area contributed by atoms with Gasteiger partial charge in [-0.15, -0.1) is 0 Å². The number of carbonyl (C=O) groups excluding carboxylic acids is 3. The van der Waals surface area contributed by atoms with Crippen molar-refractivity contribution >= 4 is 29.6 Å². The first-order chi connectivity index (χ1) is 13.0. The van der Waals surface area contributed by atoms with Crippen molar-refractivity contribution in [3.05, 3.63) is 71.3 Å². The van der Waals surface area contributed by atoms with Crippen molar-refractivity contribution in [2.24, 2.45) is 0 Å². The van der Waals surface area contributed by atoms with Crippen molar-refractivity contribution in [1.82, 2.24) is 15.8 Å². The number of imide groups is 1. The fourth-order valence-electron chi connectivity index (χ4n) is 3.17. The van der Waals surface area contributed by atoms with Crippen LogP contribution in [-0.2, 0) is 16.1 Å². The summed E-state index contributed by atoms with van der Waals surface area (Å²) in [6, 6.07) is 15.5. The van der Waals surface area contributed by atoms with Gasteiger partial charge < -0.3 is 5.32 Å². The molecule has 2 N–H and O–H groups in total. The number of benzene rings is 2. The highest BCUT2D eigenvalue weighted by atomic mass is 32.2. The summed E-state index contributed by atoms with van der Waals surface area (Å²) in [5.74, 6) is -0.215. The lowest BCUT2D eigenvalue weighted by molar-refractivity contribution is -0.133. The molecule has 2 aromatic carbocycles. The van der Waals surface area contributed by atoms with Gasteiger partial charge in [-0.25, -0.2) is 4.79 Å². The molecule has 1 atom stereocenters. The Bertz CT molecular complexity index is 872. The average Bonchev–Trinajstić information content (AvgIpc) is 2.94. The zero-order valence-corrected chi connectivity index (χ0v) is 16.0. The van der Waals surface area contributed by atoms with E-state index in [1.54, 1.807) is 42.1 Å². The number of nitrogens with zero attached hydrogens (tertiary/aromatic N) is 1. The van der Waals surface area contributed by atoms with E-state index in [1.807, 2.05) is 37.4 Å². The third-order valence-corrected chi connectivity index (χ3v) is 5.22. The molecule has 0 aromatic heterocycles. The van der Waals surface area contributed by atoms with Crippen LogP contribution in [-0.4, -0.2) is 29.1 Å². The predicted octanol–water partition coefficient (Wildman–Crippen LogP) is 3.05. The van der Waals surface area contributed by atoms with Gasteiger partial charge in [0.1, 0.15) is 5.54 Å². The van der Waals surface area contributed by atoms with Gasteiger partial charge in [-0.05, 0) is 35.9 Å². The number of thioether (sulfide) groups is 1. The monoisotopic (exact) mass is 383 g/mol. The summed E-state index contributed by atoms with van der Waals surface area (Å²) in [6.45, 7) is 1.82. The van der Waals surface area contributed by atoms with Crippen molar-refractivity contribution in [3.8, 4) is 0 Å². The van der Waals surface area contributed by atoms with Crippen LogP contribution < -0.4 is 10.7 Å².